The SMILES string of the molecule is CCOCCNC(=O)C1CN(c2cc(C)c3c(=O)c(C(=O)O)cn(-c4nc(-c5cncnc5)ns4)c3n2)C1. The summed E-state index contributed by atoms with van der Waals surface area (Å²) in [6.45, 7) is 6.07. The number of nitrogens with one attached hydrogen (secondary N) is 1. The third-order valence-corrected chi connectivity index (χ3v) is 6.85. The summed E-state index contributed by atoms with van der Waals surface area (Å²) in [5.74, 6) is -0.650. The van der Waals surface area contributed by atoms with Crippen molar-refractivity contribution in [2.75, 3.05) is 37.7 Å². The summed E-state index contributed by atoms with van der Waals surface area (Å²) in [4.78, 5) is 56.5. The third kappa shape index (κ3) is 4.82. The Bertz CT molecular complexity index is 1570. The molecule has 1 amide bonds. The summed E-state index contributed by atoms with van der Waals surface area (Å²) in [5, 5.41) is 13.1. The summed E-state index contributed by atoms with van der Waals surface area (Å²) < 4.78 is 11.1. The van der Waals surface area contributed by atoms with Gasteiger partial charge in [-0.1, -0.05) is 0 Å². The molecule has 0 bridgehead atoms. The van der Waals surface area contributed by atoms with Crippen LogP contribution in [0.1, 0.15) is 22.8 Å². The number of aryl methyl sites for hydroxylation is 1. The highest BCUT2D eigenvalue weighted by Gasteiger charge is 2.34. The van der Waals surface area contributed by atoms with E-state index in [2.05, 4.69) is 24.6 Å². The first-order valence-corrected chi connectivity index (χ1v) is 12.6. The summed E-state index contributed by atoms with van der Waals surface area (Å²) in [7, 11) is 0. The molecule has 196 valence electrons. The van der Waals surface area contributed by atoms with E-state index in [1.165, 1.54) is 17.1 Å². The van der Waals surface area contributed by atoms with Crippen LogP contribution in [0.25, 0.3) is 27.6 Å². The molecule has 4 aromatic heterocycles. The van der Waals surface area contributed by atoms with Crippen LogP contribution >= 0.6 is 11.5 Å². The number of amides is 1. The van der Waals surface area contributed by atoms with Crippen LogP contribution in [0.15, 0.2) is 35.8 Å². The number of carbonyl (C=O) groups excluding carboxylic acids is 1. The van der Waals surface area contributed by atoms with Crippen LogP contribution in [-0.4, -0.2) is 78.7 Å². The lowest BCUT2D eigenvalue weighted by Gasteiger charge is -2.39. The fraction of sp³-hybridized carbons (Fsp3) is 0.333. The Morgan fingerprint density at radius 3 is 2.71 bits per heavy atom. The molecule has 1 saturated heterocycles. The van der Waals surface area contributed by atoms with Crippen molar-refractivity contribution in [2.24, 2.45) is 5.92 Å². The number of hydrogen-bond acceptors (Lipinski definition) is 11. The number of ether oxygens (including phenoxy) is 1. The average Bonchev–Trinajstić information content (AvgIpc) is 3.36. The number of anilines is 1. The van der Waals surface area contributed by atoms with E-state index >= 15 is 0 Å². The van der Waals surface area contributed by atoms with Crippen LogP contribution < -0.4 is 15.6 Å². The number of aromatic nitrogens is 6. The lowest BCUT2D eigenvalue weighted by atomic mass is 9.98. The van der Waals surface area contributed by atoms with E-state index in [0.29, 0.717) is 60.7 Å². The molecule has 4 aromatic rings. The van der Waals surface area contributed by atoms with Gasteiger partial charge in [-0.15, -0.1) is 0 Å². The van der Waals surface area contributed by atoms with Crippen LogP contribution in [0.2, 0.25) is 0 Å². The molecular formula is C24H24N8O5S. The maximum atomic E-state index is 13.1. The Kier molecular flexibility index (Phi) is 7.07. The minimum atomic E-state index is -1.35. The Morgan fingerprint density at radius 2 is 2.00 bits per heavy atom. The molecule has 0 atom stereocenters. The monoisotopic (exact) mass is 536 g/mol. The van der Waals surface area contributed by atoms with E-state index < -0.39 is 17.0 Å². The fourth-order valence-corrected chi connectivity index (χ4v) is 4.82. The van der Waals surface area contributed by atoms with Gasteiger partial charge in [-0.2, -0.15) is 9.36 Å². The fourth-order valence-electron chi connectivity index (χ4n) is 4.15. The zero-order valence-corrected chi connectivity index (χ0v) is 21.4. The van der Waals surface area contributed by atoms with Crippen LogP contribution in [0.4, 0.5) is 5.82 Å². The van der Waals surface area contributed by atoms with Crippen molar-refractivity contribution >= 4 is 40.3 Å². The lowest BCUT2D eigenvalue weighted by molar-refractivity contribution is -0.125. The lowest BCUT2D eigenvalue weighted by Crippen LogP contribution is -2.54. The maximum absolute atomic E-state index is 13.1. The number of carboxylic acid groups (broad SMARTS) is 1. The van der Waals surface area contributed by atoms with Gasteiger partial charge in [0.15, 0.2) is 11.5 Å². The number of hydrogen-bond donors (Lipinski definition) is 2. The molecule has 5 heterocycles. The third-order valence-electron chi connectivity index (χ3n) is 6.14. The molecule has 0 saturated carbocycles. The number of rotatable bonds is 9. The van der Waals surface area contributed by atoms with E-state index in [1.54, 1.807) is 25.4 Å². The molecule has 1 fully saturated rings. The largest absolute Gasteiger partial charge is 0.477 e. The summed E-state index contributed by atoms with van der Waals surface area (Å²) in [5.41, 5.74) is 0.387. The smallest absolute Gasteiger partial charge is 0.341 e. The Labute approximate surface area is 220 Å². The first kappa shape index (κ1) is 25.4. The van der Waals surface area contributed by atoms with Gasteiger partial charge in [0.05, 0.1) is 23.5 Å². The quantitative estimate of drug-likeness (QED) is 0.296. The van der Waals surface area contributed by atoms with Gasteiger partial charge in [0.1, 0.15) is 17.7 Å². The van der Waals surface area contributed by atoms with E-state index in [0.717, 1.165) is 11.5 Å². The molecule has 0 aliphatic carbocycles. The van der Waals surface area contributed by atoms with Crippen LogP contribution in [0, 0.1) is 12.8 Å². The number of nitrogens with zero attached hydrogens (tertiary/aromatic N) is 7. The topological polar surface area (TPSA) is 165 Å². The number of carbonyl (C=O) groups is 2. The highest BCUT2D eigenvalue weighted by atomic mass is 32.1. The predicted molar refractivity (Wildman–Crippen MR) is 139 cm³/mol. The first-order chi connectivity index (χ1) is 18.4. The summed E-state index contributed by atoms with van der Waals surface area (Å²) in [6.07, 6.45) is 5.75. The highest BCUT2D eigenvalue weighted by Crippen LogP contribution is 2.29. The van der Waals surface area contributed by atoms with E-state index in [4.69, 9.17) is 9.72 Å². The van der Waals surface area contributed by atoms with Crippen molar-refractivity contribution in [1.29, 1.82) is 0 Å². The Morgan fingerprint density at radius 1 is 1.24 bits per heavy atom. The molecule has 38 heavy (non-hydrogen) atoms. The van der Waals surface area contributed by atoms with Crippen LogP contribution in [0.3, 0.4) is 0 Å². The number of fused-ring (bicyclic) bond motifs is 1. The normalized spacial score (nSPS) is 13.5. The molecule has 14 heteroatoms. The van der Waals surface area contributed by atoms with Crippen LogP contribution in [0.5, 0.6) is 0 Å². The molecule has 1 aliphatic rings. The molecule has 1 aliphatic heterocycles. The first-order valence-electron chi connectivity index (χ1n) is 11.9. The molecule has 0 unspecified atom stereocenters. The minimum absolute atomic E-state index is 0.0484. The number of pyridine rings is 2. The minimum Gasteiger partial charge on any atom is -0.477 e. The van der Waals surface area contributed by atoms with Crippen molar-refractivity contribution in [2.45, 2.75) is 13.8 Å². The summed E-state index contributed by atoms with van der Waals surface area (Å²) >= 11 is 1.03. The van der Waals surface area contributed by atoms with Gasteiger partial charge < -0.3 is 20.1 Å². The molecule has 13 nitrogen and oxygen atoms in total. The van der Waals surface area contributed by atoms with E-state index in [1.807, 2.05) is 11.8 Å². The van der Waals surface area contributed by atoms with Crippen molar-refractivity contribution in [3.8, 4) is 16.5 Å². The predicted octanol–water partition coefficient (Wildman–Crippen LogP) is 1.29. The van der Waals surface area contributed by atoms with Gasteiger partial charge in [0.2, 0.25) is 16.5 Å². The molecule has 0 radical (unpaired) electrons. The molecule has 5 rings (SSSR count). The second-order valence-corrected chi connectivity index (χ2v) is 9.39. The number of aromatic carboxylic acids is 1. The molecule has 0 spiro atoms. The zero-order chi connectivity index (χ0) is 26.8. The molecular weight excluding hydrogens is 512 g/mol. The van der Waals surface area contributed by atoms with Gasteiger partial charge in [-0.3, -0.25) is 14.2 Å². The molecule has 2 N–H and O–H groups in total. The van der Waals surface area contributed by atoms with Crippen molar-refractivity contribution in [1.82, 2.24) is 34.2 Å². The highest BCUT2D eigenvalue weighted by molar-refractivity contribution is 7.08. The van der Waals surface area contributed by atoms with Gasteiger partial charge in [-0.05, 0) is 25.5 Å². The van der Waals surface area contributed by atoms with Gasteiger partial charge in [0, 0.05) is 56.4 Å². The second kappa shape index (κ2) is 10.6. The van der Waals surface area contributed by atoms with Crippen molar-refractivity contribution < 1.29 is 19.4 Å². The van der Waals surface area contributed by atoms with E-state index in [9.17, 15) is 19.5 Å². The second-order valence-electron chi connectivity index (χ2n) is 8.66. The zero-order valence-electron chi connectivity index (χ0n) is 20.6. The Hall–Kier alpha value is -4.30. The van der Waals surface area contributed by atoms with Crippen molar-refractivity contribution in [3.05, 3.63) is 52.3 Å². The molecule has 0 aromatic carbocycles. The van der Waals surface area contributed by atoms with E-state index in [-0.39, 0.29) is 22.9 Å². The van der Waals surface area contributed by atoms with Gasteiger partial charge in [-0.25, -0.2) is 19.7 Å². The maximum Gasteiger partial charge on any atom is 0.341 e. The van der Waals surface area contributed by atoms with Crippen molar-refractivity contribution in [3.63, 3.8) is 0 Å². The average molecular weight is 537 g/mol. The summed E-state index contributed by atoms with van der Waals surface area (Å²) in [6, 6.07) is 1.73. The van der Waals surface area contributed by atoms with Gasteiger partial charge >= 0.3 is 5.97 Å². The van der Waals surface area contributed by atoms with Gasteiger partial charge in [0.25, 0.3) is 0 Å². The Balaban J connectivity index is 1.49. The standard InChI is InChI=1S/C24H24N8O5S/c1-3-37-5-4-27-22(34)15-9-31(10-15)17-6-13(2)18-19(33)16(23(35)36)11-32(21(18)28-17)24-29-20(30-38-24)14-7-25-12-26-8-14/h6-8,11-12,15H,3-5,9-10H2,1-2H3,(H,27,34)(H,35,36). The van der Waals surface area contributed by atoms with Crippen LogP contribution in [-0.2, 0) is 9.53 Å². The number of carboxylic acids is 1.